The van der Waals surface area contributed by atoms with Gasteiger partial charge in [-0.05, 0) is 33.6 Å². The number of aryl methyl sites for hydroxylation is 1. The van der Waals surface area contributed by atoms with Crippen molar-refractivity contribution in [3.8, 4) is 0 Å². The molecule has 1 heterocycles. The van der Waals surface area contributed by atoms with E-state index in [9.17, 15) is 13.2 Å². The second kappa shape index (κ2) is 6.40. The van der Waals surface area contributed by atoms with Gasteiger partial charge in [0.05, 0.1) is 16.5 Å². The summed E-state index contributed by atoms with van der Waals surface area (Å²) >= 11 is 0. The molecule has 22 heavy (non-hydrogen) atoms. The summed E-state index contributed by atoms with van der Waals surface area (Å²) in [5, 5.41) is 6.76. The summed E-state index contributed by atoms with van der Waals surface area (Å²) in [6.07, 6.45) is 6.16. The van der Waals surface area contributed by atoms with E-state index in [1.807, 2.05) is 13.8 Å². The summed E-state index contributed by atoms with van der Waals surface area (Å²) in [4.78, 5) is 12.5. The minimum absolute atomic E-state index is 0.179. The van der Waals surface area contributed by atoms with Crippen LogP contribution in [0.5, 0.6) is 0 Å². The van der Waals surface area contributed by atoms with Crippen LogP contribution in [0.3, 0.4) is 0 Å². The van der Waals surface area contributed by atoms with Crippen molar-refractivity contribution in [2.24, 2.45) is 0 Å². The normalized spacial score (nSPS) is 22.8. The maximum absolute atomic E-state index is 12.5. The number of rotatable bonds is 4. The molecule has 0 spiro atoms. The van der Waals surface area contributed by atoms with Crippen molar-refractivity contribution < 1.29 is 13.2 Å². The van der Waals surface area contributed by atoms with Gasteiger partial charge in [-0.1, -0.05) is 12.8 Å². The van der Waals surface area contributed by atoms with E-state index in [1.165, 1.54) is 6.26 Å². The lowest BCUT2D eigenvalue weighted by Crippen LogP contribution is -2.48. The highest BCUT2D eigenvalue weighted by Crippen LogP contribution is 2.24. The smallest absolute Gasteiger partial charge is 0.255 e. The van der Waals surface area contributed by atoms with Gasteiger partial charge >= 0.3 is 0 Å². The fourth-order valence-corrected chi connectivity index (χ4v) is 4.39. The van der Waals surface area contributed by atoms with Crippen LogP contribution in [-0.2, 0) is 9.84 Å². The third-order valence-corrected chi connectivity index (χ3v) is 5.92. The lowest BCUT2D eigenvalue weighted by molar-refractivity contribution is 0.0928. The van der Waals surface area contributed by atoms with Gasteiger partial charge in [-0.15, -0.1) is 0 Å². The van der Waals surface area contributed by atoms with Crippen LogP contribution < -0.4 is 5.32 Å². The highest BCUT2D eigenvalue weighted by atomic mass is 32.2. The second-order valence-electron chi connectivity index (χ2n) is 6.43. The Morgan fingerprint density at radius 3 is 2.55 bits per heavy atom. The summed E-state index contributed by atoms with van der Waals surface area (Å²) < 4.78 is 25.6. The van der Waals surface area contributed by atoms with E-state index in [2.05, 4.69) is 10.4 Å². The lowest BCUT2D eigenvalue weighted by atomic mass is 9.94. The largest absolute Gasteiger partial charge is 0.348 e. The first kappa shape index (κ1) is 17.0. The van der Waals surface area contributed by atoms with Crippen LogP contribution in [0.2, 0.25) is 0 Å². The van der Waals surface area contributed by atoms with Crippen LogP contribution in [0.15, 0.2) is 6.20 Å². The number of hydrogen-bond donors (Lipinski definition) is 1. The first-order chi connectivity index (χ1) is 10.2. The number of aromatic nitrogens is 2. The zero-order chi connectivity index (χ0) is 16.5. The molecular formula is C15H25N3O3S. The first-order valence-electron chi connectivity index (χ1n) is 7.75. The van der Waals surface area contributed by atoms with Crippen LogP contribution in [0.25, 0.3) is 0 Å². The van der Waals surface area contributed by atoms with Crippen LogP contribution in [0.1, 0.15) is 61.6 Å². The van der Waals surface area contributed by atoms with Crippen molar-refractivity contribution in [2.75, 3.05) is 6.26 Å². The minimum Gasteiger partial charge on any atom is -0.348 e. The number of hydrogen-bond acceptors (Lipinski definition) is 4. The molecule has 2 atom stereocenters. The molecule has 124 valence electrons. The Hall–Kier alpha value is -1.37. The van der Waals surface area contributed by atoms with Crippen molar-refractivity contribution in [3.63, 3.8) is 0 Å². The average Bonchev–Trinajstić information content (AvgIpc) is 2.80. The molecule has 7 heteroatoms. The van der Waals surface area contributed by atoms with Gasteiger partial charge in [0, 0.05) is 24.5 Å². The highest BCUT2D eigenvalue weighted by Gasteiger charge is 2.34. The highest BCUT2D eigenvalue weighted by molar-refractivity contribution is 7.91. The SMILES string of the molecule is Cc1nn(C(C)C)cc1C(=O)N[C@@H]1CCCC[C@H]1S(C)(=O)=O. The molecule has 0 saturated heterocycles. The molecule has 0 aromatic carbocycles. The molecule has 2 rings (SSSR count). The quantitative estimate of drug-likeness (QED) is 0.915. The zero-order valence-corrected chi connectivity index (χ0v) is 14.5. The van der Waals surface area contributed by atoms with Gasteiger partial charge in [0.15, 0.2) is 9.84 Å². The standard InChI is InChI=1S/C15H25N3O3S/c1-10(2)18-9-12(11(3)17-18)15(19)16-13-7-5-6-8-14(13)22(4,20)21/h9-10,13-14H,5-8H2,1-4H3,(H,16,19)/t13-,14-/m1/s1. The van der Waals surface area contributed by atoms with Crippen LogP contribution in [0.4, 0.5) is 0 Å². The molecule has 1 fully saturated rings. The lowest BCUT2D eigenvalue weighted by Gasteiger charge is -2.30. The number of amides is 1. The molecule has 1 amide bonds. The Morgan fingerprint density at radius 2 is 2.00 bits per heavy atom. The van der Waals surface area contributed by atoms with Gasteiger partial charge in [0.2, 0.25) is 0 Å². The molecule has 1 saturated carbocycles. The molecule has 1 aromatic rings. The van der Waals surface area contributed by atoms with Crippen molar-refractivity contribution in [1.29, 1.82) is 0 Å². The Morgan fingerprint density at radius 1 is 1.36 bits per heavy atom. The monoisotopic (exact) mass is 327 g/mol. The molecular weight excluding hydrogens is 302 g/mol. The second-order valence-corrected chi connectivity index (χ2v) is 8.70. The number of nitrogens with one attached hydrogen (secondary N) is 1. The van der Waals surface area contributed by atoms with E-state index in [4.69, 9.17) is 0 Å². The molecule has 1 aliphatic rings. The Balaban J connectivity index is 2.16. The molecule has 0 bridgehead atoms. The summed E-state index contributed by atoms with van der Waals surface area (Å²) in [7, 11) is -3.16. The van der Waals surface area contributed by atoms with Gasteiger partial charge in [-0.2, -0.15) is 5.10 Å². The maximum atomic E-state index is 12.5. The van der Waals surface area contributed by atoms with Crippen LogP contribution in [0, 0.1) is 6.92 Å². The van der Waals surface area contributed by atoms with Crippen molar-refractivity contribution in [2.45, 2.75) is 63.8 Å². The first-order valence-corrected chi connectivity index (χ1v) is 9.71. The maximum Gasteiger partial charge on any atom is 0.255 e. The van der Waals surface area contributed by atoms with E-state index < -0.39 is 15.1 Å². The third-order valence-electron chi connectivity index (χ3n) is 4.26. The molecule has 0 unspecified atom stereocenters. The fourth-order valence-electron chi connectivity index (χ4n) is 2.99. The molecule has 0 radical (unpaired) electrons. The van der Waals surface area contributed by atoms with Gasteiger partial charge in [0.1, 0.15) is 0 Å². The topological polar surface area (TPSA) is 81.1 Å². The van der Waals surface area contributed by atoms with Gasteiger partial charge in [-0.3, -0.25) is 9.48 Å². The number of carbonyl (C=O) groups is 1. The molecule has 1 N–H and O–H groups in total. The van der Waals surface area contributed by atoms with Crippen LogP contribution in [-0.4, -0.2) is 41.7 Å². The van der Waals surface area contributed by atoms with E-state index in [0.717, 1.165) is 12.8 Å². The van der Waals surface area contributed by atoms with Crippen LogP contribution >= 0.6 is 0 Å². The Kier molecular flexibility index (Phi) is 4.94. The Labute approximate surface area is 132 Å². The van der Waals surface area contributed by atoms with E-state index in [0.29, 0.717) is 24.1 Å². The summed E-state index contributed by atoms with van der Waals surface area (Å²) in [6, 6.07) is -0.128. The predicted molar refractivity (Wildman–Crippen MR) is 85.7 cm³/mol. The molecule has 1 aromatic heterocycles. The number of sulfone groups is 1. The van der Waals surface area contributed by atoms with Gasteiger partial charge in [0.25, 0.3) is 5.91 Å². The van der Waals surface area contributed by atoms with E-state index in [-0.39, 0.29) is 18.0 Å². The summed E-state index contributed by atoms with van der Waals surface area (Å²) in [5.74, 6) is -0.232. The van der Waals surface area contributed by atoms with Crippen molar-refractivity contribution in [3.05, 3.63) is 17.5 Å². The molecule has 1 aliphatic carbocycles. The molecule has 0 aliphatic heterocycles. The minimum atomic E-state index is -3.16. The van der Waals surface area contributed by atoms with Gasteiger partial charge in [-0.25, -0.2) is 8.42 Å². The number of nitrogens with zero attached hydrogens (tertiary/aromatic N) is 2. The third kappa shape index (κ3) is 3.69. The summed E-state index contributed by atoms with van der Waals surface area (Å²) in [6.45, 7) is 5.78. The number of carbonyl (C=O) groups excluding carboxylic acids is 1. The van der Waals surface area contributed by atoms with E-state index >= 15 is 0 Å². The van der Waals surface area contributed by atoms with Gasteiger partial charge < -0.3 is 5.32 Å². The average molecular weight is 327 g/mol. The zero-order valence-electron chi connectivity index (χ0n) is 13.7. The Bertz CT molecular complexity index is 649. The van der Waals surface area contributed by atoms with Crippen molar-refractivity contribution in [1.82, 2.24) is 15.1 Å². The van der Waals surface area contributed by atoms with E-state index in [1.54, 1.807) is 17.8 Å². The molecule has 6 nitrogen and oxygen atoms in total. The summed E-state index contributed by atoms with van der Waals surface area (Å²) in [5.41, 5.74) is 1.18. The predicted octanol–water partition coefficient (Wildman–Crippen LogP) is 1.86. The van der Waals surface area contributed by atoms with Crippen molar-refractivity contribution >= 4 is 15.7 Å². The fraction of sp³-hybridized carbons (Fsp3) is 0.733.